The number of carbonyl (C=O) groups is 1. The number of aliphatic hydroxyl groups is 1. The van der Waals surface area contributed by atoms with E-state index in [0.29, 0.717) is 30.0 Å². The van der Waals surface area contributed by atoms with Crippen molar-refractivity contribution in [3.05, 3.63) is 54.1 Å². The van der Waals surface area contributed by atoms with Gasteiger partial charge in [-0.2, -0.15) is 0 Å². The molecule has 7 atom stereocenters. The van der Waals surface area contributed by atoms with Gasteiger partial charge < -0.3 is 15.3 Å². The molecule has 4 heterocycles. The van der Waals surface area contributed by atoms with Gasteiger partial charge in [0.1, 0.15) is 0 Å². The summed E-state index contributed by atoms with van der Waals surface area (Å²) in [7, 11) is 0. The smallest absolute Gasteiger partial charge is 0.223 e. The van der Waals surface area contributed by atoms with Crippen LogP contribution in [-0.4, -0.2) is 45.2 Å². The lowest BCUT2D eigenvalue weighted by Crippen LogP contribution is -2.44. The minimum absolute atomic E-state index is 0.0118. The largest absolute Gasteiger partial charge is 0.393 e. The molecule has 2 saturated carbocycles. The van der Waals surface area contributed by atoms with Gasteiger partial charge in [-0.3, -0.25) is 10.2 Å². The molecule has 4 unspecified atom stereocenters. The van der Waals surface area contributed by atoms with Gasteiger partial charge in [-0.1, -0.05) is 25.0 Å². The van der Waals surface area contributed by atoms with Crippen molar-refractivity contribution in [1.82, 2.24) is 26.1 Å². The average Bonchev–Trinajstić information content (AvgIpc) is 3.70. The number of amides is 1. The number of rotatable bonds is 6. The first kappa shape index (κ1) is 25.4. The zero-order valence-corrected chi connectivity index (χ0v) is 22.7. The highest BCUT2D eigenvalue weighted by Crippen LogP contribution is 2.43. The summed E-state index contributed by atoms with van der Waals surface area (Å²) in [6, 6.07) is 12.4. The molecule has 8 heteroatoms. The normalized spacial score (nSPS) is 35.1. The van der Waals surface area contributed by atoms with Gasteiger partial charge in [0, 0.05) is 42.1 Å². The molecule has 0 spiro atoms. The SMILES string of the molecule is O=C(N[C@H](c1ncccn1)C1CCCC1)C1CCC2NNC(c3ccc(N4[C@H]5CC[C@H]4CC(O)C5)cc3)C2C1. The summed E-state index contributed by atoms with van der Waals surface area (Å²) in [6.45, 7) is 0. The molecule has 1 aromatic heterocycles. The lowest BCUT2D eigenvalue weighted by atomic mass is 9.74. The van der Waals surface area contributed by atoms with E-state index in [4.69, 9.17) is 0 Å². The Labute approximate surface area is 231 Å². The topological polar surface area (TPSA) is 102 Å². The van der Waals surface area contributed by atoms with Gasteiger partial charge in [-0.15, -0.1) is 0 Å². The molecule has 4 N–H and O–H groups in total. The van der Waals surface area contributed by atoms with E-state index >= 15 is 0 Å². The van der Waals surface area contributed by atoms with Crippen molar-refractivity contribution < 1.29 is 9.90 Å². The third-order valence-electron chi connectivity index (χ3n) is 10.4. The number of hydrogen-bond donors (Lipinski definition) is 4. The predicted molar refractivity (Wildman–Crippen MR) is 149 cm³/mol. The Morgan fingerprint density at radius 1 is 0.923 bits per heavy atom. The summed E-state index contributed by atoms with van der Waals surface area (Å²) in [4.78, 5) is 25.2. The van der Waals surface area contributed by atoms with E-state index in [0.717, 1.165) is 50.8 Å². The Kier molecular flexibility index (Phi) is 7.03. The van der Waals surface area contributed by atoms with Crippen LogP contribution in [0.2, 0.25) is 0 Å². The van der Waals surface area contributed by atoms with Crippen molar-refractivity contribution in [2.75, 3.05) is 4.90 Å². The molecule has 5 aliphatic rings. The van der Waals surface area contributed by atoms with Crippen LogP contribution >= 0.6 is 0 Å². The van der Waals surface area contributed by atoms with Crippen molar-refractivity contribution in [3.8, 4) is 0 Å². The first-order chi connectivity index (χ1) is 19.1. The molecular formula is C31H42N6O2. The molecule has 208 valence electrons. The Morgan fingerprint density at radius 2 is 1.64 bits per heavy atom. The van der Waals surface area contributed by atoms with E-state index in [1.807, 2.05) is 6.07 Å². The Morgan fingerprint density at radius 3 is 2.36 bits per heavy atom. The number of fused-ring (bicyclic) bond motifs is 3. The number of anilines is 1. The molecule has 2 aromatic rings. The highest BCUT2D eigenvalue weighted by molar-refractivity contribution is 5.79. The second-order valence-electron chi connectivity index (χ2n) is 12.7. The number of hydrogen-bond acceptors (Lipinski definition) is 7. The van der Waals surface area contributed by atoms with Crippen LogP contribution in [-0.2, 0) is 4.79 Å². The van der Waals surface area contributed by atoms with Gasteiger partial charge >= 0.3 is 0 Å². The number of aliphatic hydroxyl groups excluding tert-OH is 1. The van der Waals surface area contributed by atoms with Crippen LogP contribution in [0.25, 0.3) is 0 Å². The molecule has 5 fully saturated rings. The third kappa shape index (κ3) is 4.96. The van der Waals surface area contributed by atoms with Crippen molar-refractivity contribution in [3.63, 3.8) is 0 Å². The maximum Gasteiger partial charge on any atom is 0.223 e. The first-order valence-electron chi connectivity index (χ1n) is 15.3. The van der Waals surface area contributed by atoms with E-state index in [1.54, 1.807) is 12.4 Å². The molecule has 1 amide bonds. The van der Waals surface area contributed by atoms with Crippen LogP contribution in [0.15, 0.2) is 42.7 Å². The average molecular weight is 531 g/mol. The van der Waals surface area contributed by atoms with Crippen molar-refractivity contribution in [2.45, 2.75) is 107 Å². The Bertz CT molecular complexity index is 1130. The van der Waals surface area contributed by atoms with Crippen LogP contribution in [0.4, 0.5) is 5.69 Å². The van der Waals surface area contributed by atoms with E-state index in [1.165, 1.54) is 36.9 Å². The van der Waals surface area contributed by atoms with Gasteiger partial charge in [0.2, 0.25) is 5.91 Å². The summed E-state index contributed by atoms with van der Waals surface area (Å²) in [6.07, 6.45) is 15.0. The number of nitrogens with zero attached hydrogens (tertiary/aromatic N) is 3. The molecule has 8 nitrogen and oxygen atoms in total. The highest BCUT2D eigenvalue weighted by atomic mass is 16.3. The minimum Gasteiger partial charge on any atom is -0.393 e. The molecule has 3 aliphatic heterocycles. The standard InChI is InChI=1S/C31H42N6O2/c38-25-17-23-11-12-24(18-25)37(23)22-9-6-20(7-10-22)28-26-16-21(8-13-27(26)35-36-28)31(39)34-29(19-4-1-2-5-19)30-32-14-3-15-33-30/h3,6-7,9-10,14-15,19,21,23-29,35-36,38H,1-2,4-5,8,11-13,16-18H2,(H,34,39)/t21?,23-,24-,26?,27?,28?,29-/m0/s1. The quantitative estimate of drug-likeness (QED) is 0.449. The third-order valence-corrected chi connectivity index (χ3v) is 10.4. The van der Waals surface area contributed by atoms with Crippen LogP contribution in [0.1, 0.15) is 94.1 Å². The van der Waals surface area contributed by atoms with Crippen LogP contribution < -0.4 is 21.1 Å². The zero-order chi connectivity index (χ0) is 26.3. The molecule has 1 aromatic carbocycles. The number of benzene rings is 1. The lowest BCUT2D eigenvalue weighted by Gasteiger charge is -2.39. The molecule has 7 rings (SSSR count). The molecule has 0 radical (unpaired) electrons. The van der Waals surface area contributed by atoms with E-state index in [9.17, 15) is 9.90 Å². The first-order valence-corrected chi connectivity index (χ1v) is 15.3. The maximum absolute atomic E-state index is 13.6. The Hall–Kier alpha value is -2.55. The van der Waals surface area contributed by atoms with Gasteiger partial charge in [0.05, 0.1) is 18.2 Å². The number of nitrogens with one attached hydrogen (secondary N) is 3. The second kappa shape index (κ2) is 10.8. The number of aromatic nitrogens is 2. The summed E-state index contributed by atoms with van der Waals surface area (Å²) < 4.78 is 0. The van der Waals surface area contributed by atoms with Gasteiger partial charge in [0.25, 0.3) is 0 Å². The predicted octanol–water partition coefficient (Wildman–Crippen LogP) is 3.95. The number of piperidine rings is 1. The molecule has 3 saturated heterocycles. The van der Waals surface area contributed by atoms with Crippen LogP contribution in [0, 0.1) is 17.8 Å². The van der Waals surface area contributed by atoms with Gasteiger partial charge in [0.15, 0.2) is 5.82 Å². The molecule has 2 bridgehead atoms. The monoisotopic (exact) mass is 530 g/mol. The lowest BCUT2D eigenvalue weighted by molar-refractivity contribution is -0.127. The van der Waals surface area contributed by atoms with E-state index in [2.05, 4.69) is 55.3 Å². The highest BCUT2D eigenvalue weighted by Gasteiger charge is 2.44. The summed E-state index contributed by atoms with van der Waals surface area (Å²) in [5.74, 6) is 1.73. The fourth-order valence-electron chi connectivity index (χ4n) is 8.48. The second-order valence-corrected chi connectivity index (χ2v) is 12.7. The van der Waals surface area contributed by atoms with Crippen molar-refractivity contribution in [2.24, 2.45) is 17.8 Å². The minimum atomic E-state index is -0.145. The summed E-state index contributed by atoms with van der Waals surface area (Å²) in [5, 5.41) is 13.6. The molecule has 2 aliphatic carbocycles. The maximum atomic E-state index is 13.6. The summed E-state index contributed by atoms with van der Waals surface area (Å²) >= 11 is 0. The number of carbonyl (C=O) groups excluding carboxylic acids is 1. The summed E-state index contributed by atoms with van der Waals surface area (Å²) in [5.41, 5.74) is 9.68. The van der Waals surface area contributed by atoms with Crippen molar-refractivity contribution >= 4 is 11.6 Å². The van der Waals surface area contributed by atoms with Crippen LogP contribution in [0.5, 0.6) is 0 Å². The van der Waals surface area contributed by atoms with Gasteiger partial charge in [-0.05, 0) is 93.4 Å². The fourth-order valence-corrected chi connectivity index (χ4v) is 8.48. The van der Waals surface area contributed by atoms with E-state index in [-0.39, 0.29) is 30.0 Å². The van der Waals surface area contributed by atoms with Crippen molar-refractivity contribution in [1.29, 1.82) is 0 Å². The zero-order valence-electron chi connectivity index (χ0n) is 22.7. The number of hydrazine groups is 1. The Balaban J connectivity index is 1.03. The van der Waals surface area contributed by atoms with Gasteiger partial charge in [-0.25, -0.2) is 15.4 Å². The molecule has 39 heavy (non-hydrogen) atoms. The fraction of sp³-hybridized carbons (Fsp3) is 0.645. The van der Waals surface area contributed by atoms with Crippen LogP contribution in [0.3, 0.4) is 0 Å². The van der Waals surface area contributed by atoms with E-state index < -0.39 is 0 Å². The molecular weight excluding hydrogens is 488 g/mol.